The van der Waals surface area contributed by atoms with Gasteiger partial charge in [-0.25, -0.2) is 0 Å². The molecule has 0 aliphatic heterocycles. The third-order valence-electron chi connectivity index (χ3n) is 12.3. The number of aliphatic hydroxyl groups excluding tert-OH is 2. The van der Waals surface area contributed by atoms with Gasteiger partial charge >= 0.3 is 5.97 Å². The largest absolute Gasteiger partial charge is 0.483 e. The lowest BCUT2D eigenvalue weighted by Gasteiger charge is -2.25. The minimum absolute atomic E-state index is 0.0636. The first-order valence-corrected chi connectivity index (χ1v) is 25.7. The van der Waals surface area contributed by atoms with Crippen LogP contribution in [0.5, 0.6) is 0 Å². The fourth-order valence-electron chi connectivity index (χ4n) is 8.50. The molecule has 0 fully saturated rings. The highest BCUT2D eigenvalue weighted by atomic mass is 16.5. The average molecular weight is 826 g/mol. The third-order valence-corrected chi connectivity index (χ3v) is 12.3. The molecule has 7 nitrogen and oxygen atoms in total. The fourth-order valence-corrected chi connectivity index (χ4v) is 8.50. The van der Waals surface area contributed by atoms with Gasteiger partial charge in [0.2, 0.25) is 0 Å². The molecule has 0 bridgehead atoms. The highest BCUT2D eigenvalue weighted by Crippen LogP contribution is 2.25. The molecule has 0 spiro atoms. The van der Waals surface area contributed by atoms with E-state index >= 15 is 0 Å². The van der Waals surface area contributed by atoms with Crippen molar-refractivity contribution in [1.82, 2.24) is 4.90 Å². The molecule has 0 aliphatic rings. The monoisotopic (exact) mass is 826 g/mol. The normalized spacial score (nSPS) is 12.9. The fraction of sp³-hybridized carbons (Fsp3) is 0.961. The van der Waals surface area contributed by atoms with Crippen LogP contribution in [0.4, 0.5) is 0 Å². The van der Waals surface area contributed by atoms with E-state index in [0.29, 0.717) is 18.9 Å². The van der Waals surface area contributed by atoms with Crippen molar-refractivity contribution in [3.8, 4) is 0 Å². The van der Waals surface area contributed by atoms with Crippen LogP contribution >= 0.6 is 0 Å². The predicted octanol–water partition coefficient (Wildman–Crippen LogP) is 14.6. The minimum atomic E-state index is -0.347. The summed E-state index contributed by atoms with van der Waals surface area (Å²) in [6, 6.07) is 0. The molecule has 0 rings (SSSR count). The van der Waals surface area contributed by atoms with E-state index in [2.05, 4.69) is 32.6 Å². The van der Waals surface area contributed by atoms with E-state index in [0.717, 1.165) is 70.5 Å². The Kier molecular flexibility index (Phi) is 51.0. The Hall–Kier alpha value is -1.18. The average Bonchev–Trinajstić information content (AvgIpc) is 3.21. The van der Waals surface area contributed by atoms with E-state index in [-0.39, 0.29) is 25.2 Å². The van der Waals surface area contributed by atoms with Crippen molar-refractivity contribution in [2.45, 2.75) is 271 Å². The summed E-state index contributed by atoms with van der Waals surface area (Å²) in [5, 5.41) is 27.1. The molecule has 3 unspecified atom stereocenters. The molecular weight excluding hydrogens is 723 g/mol. The number of carboxylic acid groups (broad SMARTS) is 1. The van der Waals surface area contributed by atoms with Gasteiger partial charge in [-0.1, -0.05) is 214 Å². The van der Waals surface area contributed by atoms with Gasteiger partial charge in [0.15, 0.2) is 0 Å². The smallest absolute Gasteiger partial charge is 0.305 e. The van der Waals surface area contributed by atoms with Crippen molar-refractivity contribution in [3.05, 3.63) is 0 Å². The summed E-state index contributed by atoms with van der Waals surface area (Å²) < 4.78 is 5.68. The standard InChI is InChI=1S/C50H101NO4.CH2O2/c1-5-9-13-16-17-20-27-36-47(35-25-18-14-10-6-2)37-28-21-22-31-42-51(43-32-23-33-44-52)46-49(53)39-29-30-40-50(54)55-45-41-48(34-24-12-8-4)38-26-19-15-11-7-3;2-1-3/h47-49,52-53H,5-46H2,1-4H3;1H,(H,2,3). The molecule has 7 heteroatoms. The summed E-state index contributed by atoms with van der Waals surface area (Å²) in [7, 11) is 0. The molecule has 0 saturated carbocycles. The number of esters is 1. The Bertz CT molecular complexity index is 797. The Labute approximate surface area is 362 Å². The summed E-state index contributed by atoms with van der Waals surface area (Å²) >= 11 is 0. The zero-order chi connectivity index (χ0) is 43.0. The molecule has 348 valence electrons. The zero-order valence-corrected chi connectivity index (χ0v) is 39.5. The third kappa shape index (κ3) is 45.9. The van der Waals surface area contributed by atoms with Gasteiger partial charge in [-0.15, -0.1) is 0 Å². The number of rotatable bonds is 46. The molecule has 0 aromatic heterocycles. The second-order valence-corrected chi connectivity index (χ2v) is 17.8. The Morgan fingerprint density at radius 3 is 1.29 bits per heavy atom. The SMILES string of the molecule is CCCCCCCCCC(CCCCCCC)CCCCCCN(CCCCCO)CC(O)CCCCC(=O)OCCC(CCCCC)CCCCCCC.O=CO. The lowest BCUT2D eigenvalue weighted by atomic mass is 9.89. The summed E-state index contributed by atoms with van der Waals surface area (Å²) in [5.74, 6) is 1.56. The number of ether oxygens (including phenoxy) is 1. The van der Waals surface area contributed by atoms with E-state index in [1.807, 2.05) is 0 Å². The Balaban J connectivity index is 0. The van der Waals surface area contributed by atoms with Crippen molar-refractivity contribution >= 4 is 12.4 Å². The van der Waals surface area contributed by atoms with Gasteiger partial charge in [-0.05, 0) is 69.9 Å². The molecule has 58 heavy (non-hydrogen) atoms. The van der Waals surface area contributed by atoms with Crippen LogP contribution < -0.4 is 0 Å². The van der Waals surface area contributed by atoms with Crippen LogP contribution in [0.1, 0.15) is 265 Å². The molecule has 0 amide bonds. The maximum absolute atomic E-state index is 12.5. The van der Waals surface area contributed by atoms with Gasteiger partial charge in [0.25, 0.3) is 6.47 Å². The van der Waals surface area contributed by atoms with Crippen LogP contribution in [0.2, 0.25) is 0 Å². The predicted molar refractivity (Wildman–Crippen MR) is 250 cm³/mol. The lowest BCUT2D eigenvalue weighted by molar-refractivity contribution is -0.144. The van der Waals surface area contributed by atoms with Crippen molar-refractivity contribution in [2.24, 2.45) is 11.8 Å². The van der Waals surface area contributed by atoms with E-state index < -0.39 is 0 Å². The molecule has 0 saturated heterocycles. The summed E-state index contributed by atoms with van der Waals surface area (Å²) in [6.07, 6.45) is 46.0. The van der Waals surface area contributed by atoms with Crippen LogP contribution in [-0.4, -0.2) is 71.6 Å². The van der Waals surface area contributed by atoms with Crippen LogP contribution in [-0.2, 0) is 14.3 Å². The number of nitrogens with zero attached hydrogens (tertiary/aromatic N) is 1. The summed E-state index contributed by atoms with van der Waals surface area (Å²) in [6.45, 7) is 12.5. The van der Waals surface area contributed by atoms with Gasteiger partial charge in [0, 0.05) is 19.6 Å². The number of carbonyl (C=O) groups is 2. The minimum Gasteiger partial charge on any atom is -0.483 e. The van der Waals surface area contributed by atoms with Crippen LogP contribution in [0.25, 0.3) is 0 Å². The van der Waals surface area contributed by atoms with Crippen molar-refractivity contribution < 1.29 is 29.6 Å². The highest BCUT2D eigenvalue weighted by Gasteiger charge is 2.14. The second-order valence-electron chi connectivity index (χ2n) is 17.8. The molecule has 0 aromatic rings. The van der Waals surface area contributed by atoms with Gasteiger partial charge in [0.1, 0.15) is 0 Å². The van der Waals surface area contributed by atoms with Gasteiger partial charge < -0.3 is 25.0 Å². The lowest BCUT2D eigenvalue weighted by Crippen LogP contribution is -2.34. The zero-order valence-electron chi connectivity index (χ0n) is 39.5. The second kappa shape index (κ2) is 50.2. The quantitative estimate of drug-likeness (QED) is 0.0319. The Morgan fingerprint density at radius 2 is 0.845 bits per heavy atom. The topological polar surface area (TPSA) is 107 Å². The van der Waals surface area contributed by atoms with E-state index in [1.165, 1.54) is 186 Å². The van der Waals surface area contributed by atoms with E-state index in [9.17, 15) is 15.0 Å². The van der Waals surface area contributed by atoms with Gasteiger partial charge in [0.05, 0.1) is 12.7 Å². The van der Waals surface area contributed by atoms with Crippen molar-refractivity contribution in [1.29, 1.82) is 0 Å². The first-order valence-electron chi connectivity index (χ1n) is 25.7. The summed E-state index contributed by atoms with van der Waals surface area (Å²) in [5.41, 5.74) is 0. The number of aliphatic hydroxyl groups is 2. The van der Waals surface area contributed by atoms with Crippen LogP contribution in [0, 0.1) is 11.8 Å². The van der Waals surface area contributed by atoms with Gasteiger partial charge in [-0.3, -0.25) is 9.59 Å². The van der Waals surface area contributed by atoms with Crippen LogP contribution in [0.3, 0.4) is 0 Å². The molecule has 0 aliphatic carbocycles. The molecule has 3 N–H and O–H groups in total. The first-order chi connectivity index (χ1) is 28.4. The summed E-state index contributed by atoms with van der Waals surface area (Å²) in [4.78, 5) is 23.3. The van der Waals surface area contributed by atoms with Crippen molar-refractivity contribution in [3.63, 3.8) is 0 Å². The number of carbonyl (C=O) groups excluding carboxylic acids is 1. The number of hydrogen-bond donors (Lipinski definition) is 3. The van der Waals surface area contributed by atoms with E-state index in [1.54, 1.807) is 0 Å². The number of hydrogen-bond acceptors (Lipinski definition) is 6. The van der Waals surface area contributed by atoms with Gasteiger partial charge in [-0.2, -0.15) is 0 Å². The highest BCUT2D eigenvalue weighted by molar-refractivity contribution is 5.69. The maximum Gasteiger partial charge on any atom is 0.305 e. The van der Waals surface area contributed by atoms with E-state index in [4.69, 9.17) is 14.6 Å². The molecule has 0 aromatic carbocycles. The molecule has 3 atom stereocenters. The number of unbranched alkanes of at least 4 members (excludes halogenated alkanes) is 22. The first kappa shape index (κ1) is 58.9. The van der Waals surface area contributed by atoms with Crippen molar-refractivity contribution in [2.75, 3.05) is 32.8 Å². The molecule has 0 radical (unpaired) electrons. The molecular formula is C51H103NO6. The van der Waals surface area contributed by atoms with Crippen LogP contribution in [0.15, 0.2) is 0 Å². The maximum atomic E-state index is 12.5. The molecule has 0 heterocycles. The Morgan fingerprint density at radius 1 is 0.500 bits per heavy atom.